The summed E-state index contributed by atoms with van der Waals surface area (Å²) in [5.74, 6) is -2.15. The van der Waals surface area contributed by atoms with Gasteiger partial charge in [0, 0.05) is 11.3 Å². The van der Waals surface area contributed by atoms with Crippen LogP contribution >= 0.6 is 0 Å². The molecule has 0 aliphatic rings. The van der Waals surface area contributed by atoms with Crippen LogP contribution in [0.5, 0.6) is 0 Å². The number of para-hydroxylation sites is 1. The summed E-state index contributed by atoms with van der Waals surface area (Å²) in [4.78, 5) is 23.0. The molecule has 0 atom stereocenters. The van der Waals surface area contributed by atoms with Crippen LogP contribution < -0.4 is 10.6 Å². The normalized spacial score (nSPS) is 10.1. The second-order valence-corrected chi connectivity index (χ2v) is 4.64. The summed E-state index contributed by atoms with van der Waals surface area (Å²) in [6, 6.07) is 9.85. The molecule has 114 valence electrons. The largest absolute Gasteiger partial charge is 0.371 e. The third kappa shape index (κ3) is 3.88. The van der Waals surface area contributed by atoms with Gasteiger partial charge < -0.3 is 10.6 Å². The molecule has 0 heterocycles. The molecular weight excluding hydrogens is 290 g/mol. The van der Waals surface area contributed by atoms with Gasteiger partial charge in [0.15, 0.2) is 5.78 Å². The molecule has 4 nitrogen and oxygen atoms in total. The van der Waals surface area contributed by atoms with Gasteiger partial charge >= 0.3 is 0 Å². The van der Waals surface area contributed by atoms with Crippen LogP contribution in [0.25, 0.3) is 0 Å². The Bertz CT molecular complexity index is 697. The number of nitrogens with one attached hydrogen (secondary N) is 2. The van der Waals surface area contributed by atoms with E-state index in [0.29, 0.717) is 11.3 Å². The molecule has 2 N–H and O–H groups in total. The molecule has 0 aromatic heterocycles. The van der Waals surface area contributed by atoms with Crippen molar-refractivity contribution >= 4 is 23.1 Å². The standard InChI is InChI=1S/C16H14F2N2O2/c1-10(21)11-4-2-5-12(8-11)20-15(22)9-19-16-13(17)6-3-7-14(16)18/h2-8,19H,9H2,1H3,(H,20,22). The van der Waals surface area contributed by atoms with Crippen molar-refractivity contribution < 1.29 is 18.4 Å². The topological polar surface area (TPSA) is 58.2 Å². The Kier molecular flexibility index (Phi) is 4.83. The number of hydrogen-bond donors (Lipinski definition) is 2. The number of amides is 1. The van der Waals surface area contributed by atoms with Crippen LogP contribution in [0, 0.1) is 11.6 Å². The Balaban J connectivity index is 1.99. The molecule has 0 unspecified atom stereocenters. The van der Waals surface area contributed by atoms with E-state index in [4.69, 9.17) is 0 Å². The fourth-order valence-electron chi connectivity index (χ4n) is 1.86. The number of Topliss-reactive ketones (excluding diaryl/α,β-unsaturated/α-hetero) is 1. The van der Waals surface area contributed by atoms with Gasteiger partial charge in [-0.25, -0.2) is 8.78 Å². The number of benzene rings is 2. The van der Waals surface area contributed by atoms with Crippen LogP contribution in [0.4, 0.5) is 20.2 Å². The van der Waals surface area contributed by atoms with Gasteiger partial charge in [-0.2, -0.15) is 0 Å². The summed E-state index contributed by atoms with van der Waals surface area (Å²) < 4.78 is 26.8. The highest BCUT2D eigenvalue weighted by molar-refractivity contribution is 5.98. The lowest BCUT2D eigenvalue weighted by atomic mass is 10.1. The van der Waals surface area contributed by atoms with Crippen molar-refractivity contribution in [2.45, 2.75) is 6.92 Å². The van der Waals surface area contributed by atoms with Gasteiger partial charge in [-0.15, -0.1) is 0 Å². The quantitative estimate of drug-likeness (QED) is 0.834. The summed E-state index contributed by atoms with van der Waals surface area (Å²) in [5.41, 5.74) is 0.551. The van der Waals surface area contributed by atoms with Gasteiger partial charge in [-0.3, -0.25) is 9.59 Å². The molecule has 6 heteroatoms. The molecule has 2 rings (SSSR count). The predicted octanol–water partition coefficient (Wildman–Crippen LogP) is 3.22. The highest BCUT2D eigenvalue weighted by Crippen LogP contribution is 2.17. The molecule has 2 aromatic carbocycles. The van der Waals surface area contributed by atoms with Crippen molar-refractivity contribution in [1.82, 2.24) is 0 Å². The van der Waals surface area contributed by atoms with E-state index in [9.17, 15) is 18.4 Å². The lowest BCUT2D eigenvalue weighted by Gasteiger charge is -2.09. The van der Waals surface area contributed by atoms with Crippen LogP contribution in [0.1, 0.15) is 17.3 Å². The third-order valence-corrected chi connectivity index (χ3v) is 2.94. The molecule has 1 amide bonds. The fourth-order valence-corrected chi connectivity index (χ4v) is 1.86. The van der Waals surface area contributed by atoms with Crippen molar-refractivity contribution in [2.75, 3.05) is 17.2 Å². The van der Waals surface area contributed by atoms with Crippen LogP contribution in [0.2, 0.25) is 0 Å². The zero-order chi connectivity index (χ0) is 16.1. The van der Waals surface area contributed by atoms with Crippen LogP contribution in [-0.2, 0) is 4.79 Å². The molecule has 22 heavy (non-hydrogen) atoms. The van der Waals surface area contributed by atoms with Gasteiger partial charge in [0.05, 0.1) is 6.54 Å². The second kappa shape index (κ2) is 6.80. The van der Waals surface area contributed by atoms with E-state index in [0.717, 1.165) is 12.1 Å². The van der Waals surface area contributed by atoms with Gasteiger partial charge in [-0.05, 0) is 31.2 Å². The summed E-state index contributed by atoms with van der Waals surface area (Å²) in [7, 11) is 0. The van der Waals surface area contributed by atoms with Crippen LogP contribution in [0.3, 0.4) is 0 Å². The zero-order valence-electron chi connectivity index (χ0n) is 11.8. The minimum atomic E-state index is -0.772. The maximum absolute atomic E-state index is 13.4. The third-order valence-electron chi connectivity index (χ3n) is 2.94. The molecule has 2 aromatic rings. The monoisotopic (exact) mass is 304 g/mol. The molecule has 0 fully saturated rings. The van der Waals surface area contributed by atoms with Crippen molar-refractivity contribution in [3.05, 3.63) is 59.7 Å². The first kappa shape index (κ1) is 15.6. The van der Waals surface area contributed by atoms with E-state index in [1.165, 1.54) is 19.1 Å². The minimum Gasteiger partial charge on any atom is -0.371 e. The summed E-state index contributed by atoms with van der Waals surface area (Å²) in [6.07, 6.45) is 0. The maximum atomic E-state index is 13.4. The Labute approximate surface area is 126 Å². The number of carbonyl (C=O) groups excluding carboxylic acids is 2. The van der Waals surface area contributed by atoms with Crippen molar-refractivity contribution in [3.8, 4) is 0 Å². The Morgan fingerprint density at radius 3 is 2.32 bits per heavy atom. The SMILES string of the molecule is CC(=O)c1cccc(NC(=O)CNc2c(F)cccc2F)c1. The number of halogens is 2. The summed E-state index contributed by atoms with van der Waals surface area (Å²) >= 11 is 0. The first-order valence-electron chi connectivity index (χ1n) is 6.56. The number of ketones is 1. The van der Waals surface area contributed by atoms with Gasteiger partial charge in [0.2, 0.25) is 5.91 Å². The molecule has 0 saturated carbocycles. The van der Waals surface area contributed by atoms with Crippen molar-refractivity contribution in [1.29, 1.82) is 0 Å². The fraction of sp³-hybridized carbons (Fsp3) is 0.125. The summed E-state index contributed by atoms with van der Waals surface area (Å²) in [6.45, 7) is 1.12. The maximum Gasteiger partial charge on any atom is 0.243 e. The van der Waals surface area contributed by atoms with Gasteiger partial charge in [0.1, 0.15) is 17.3 Å². The average Bonchev–Trinajstić information content (AvgIpc) is 2.47. The van der Waals surface area contributed by atoms with E-state index >= 15 is 0 Å². The molecule has 0 spiro atoms. The zero-order valence-corrected chi connectivity index (χ0v) is 11.8. The molecular formula is C16H14F2N2O2. The second-order valence-electron chi connectivity index (χ2n) is 4.64. The van der Waals surface area contributed by atoms with E-state index in [2.05, 4.69) is 10.6 Å². The smallest absolute Gasteiger partial charge is 0.243 e. The molecule has 0 saturated heterocycles. The highest BCUT2D eigenvalue weighted by atomic mass is 19.1. The Hall–Kier alpha value is -2.76. The van der Waals surface area contributed by atoms with Crippen LogP contribution in [-0.4, -0.2) is 18.2 Å². The lowest BCUT2D eigenvalue weighted by molar-refractivity contribution is -0.114. The molecule has 0 aliphatic carbocycles. The van der Waals surface area contributed by atoms with Crippen molar-refractivity contribution in [3.63, 3.8) is 0 Å². The van der Waals surface area contributed by atoms with Gasteiger partial charge in [-0.1, -0.05) is 18.2 Å². The van der Waals surface area contributed by atoms with E-state index < -0.39 is 17.5 Å². The first-order valence-corrected chi connectivity index (χ1v) is 6.56. The number of rotatable bonds is 5. The molecule has 0 aliphatic heterocycles. The average molecular weight is 304 g/mol. The Morgan fingerprint density at radius 2 is 1.68 bits per heavy atom. The minimum absolute atomic E-state index is 0.123. The number of hydrogen-bond acceptors (Lipinski definition) is 3. The molecule has 0 bridgehead atoms. The highest BCUT2D eigenvalue weighted by Gasteiger charge is 2.10. The Morgan fingerprint density at radius 1 is 1.05 bits per heavy atom. The van der Waals surface area contributed by atoms with Gasteiger partial charge in [0.25, 0.3) is 0 Å². The van der Waals surface area contributed by atoms with E-state index in [1.807, 2.05) is 0 Å². The molecule has 0 radical (unpaired) electrons. The first-order chi connectivity index (χ1) is 10.5. The van der Waals surface area contributed by atoms with Crippen molar-refractivity contribution in [2.24, 2.45) is 0 Å². The van der Waals surface area contributed by atoms with E-state index in [-0.39, 0.29) is 18.0 Å². The number of carbonyl (C=O) groups is 2. The number of anilines is 2. The summed E-state index contributed by atoms with van der Waals surface area (Å²) in [5, 5.41) is 4.96. The van der Waals surface area contributed by atoms with E-state index in [1.54, 1.807) is 18.2 Å². The predicted molar refractivity (Wildman–Crippen MR) is 79.9 cm³/mol. The lowest BCUT2D eigenvalue weighted by Crippen LogP contribution is -2.22. The van der Waals surface area contributed by atoms with Crippen LogP contribution in [0.15, 0.2) is 42.5 Å².